The fourth-order valence-electron chi connectivity index (χ4n) is 2.88. The van der Waals surface area contributed by atoms with Crippen LogP contribution in [0.3, 0.4) is 0 Å². The van der Waals surface area contributed by atoms with Gasteiger partial charge in [0.15, 0.2) is 0 Å². The zero-order chi connectivity index (χ0) is 12.8. The molecule has 0 unspecified atom stereocenters. The Morgan fingerprint density at radius 1 is 0.944 bits per heavy atom. The molecule has 2 aromatic rings. The molecule has 0 atom stereocenters. The monoisotopic (exact) mass is 302 g/mol. The second kappa shape index (κ2) is 4.08. The quantitative estimate of drug-likeness (QED) is 0.778. The van der Waals surface area contributed by atoms with Gasteiger partial charge in [-0.15, -0.1) is 0 Å². The van der Waals surface area contributed by atoms with Crippen LogP contribution in [-0.2, 0) is 10.2 Å². The van der Waals surface area contributed by atoms with E-state index < -0.39 is 5.41 Å². The molecule has 1 aliphatic rings. The van der Waals surface area contributed by atoms with E-state index >= 15 is 0 Å². The first-order valence-corrected chi connectivity index (χ1v) is 8.54. The van der Waals surface area contributed by atoms with E-state index in [0.29, 0.717) is 4.68 Å². The summed E-state index contributed by atoms with van der Waals surface area (Å²) in [5.41, 5.74) is 4.32. The zero-order valence-corrected chi connectivity index (χ0v) is 12.1. The van der Waals surface area contributed by atoms with Crippen molar-refractivity contribution in [1.29, 1.82) is 0 Å². The third-order valence-corrected chi connectivity index (χ3v) is 5.45. The van der Waals surface area contributed by atoms with Crippen LogP contribution in [0, 0.1) is 0 Å². The van der Waals surface area contributed by atoms with Gasteiger partial charge in [0, 0.05) is 0 Å². The van der Waals surface area contributed by atoms with Gasteiger partial charge in [0.05, 0.1) is 0 Å². The summed E-state index contributed by atoms with van der Waals surface area (Å²) in [5.74, 6) is 2.00. The van der Waals surface area contributed by atoms with Crippen LogP contribution in [0.1, 0.15) is 18.1 Å². The normalized spacial score (nSPS) is 15.0. The van der Waals surface area contributed by atoms with Crippen molar-refractivity contribution < 1.29 is 4.79 Å². The molecule has 18 heavy (non-hydrogen) atoms. The number of carbonyl (C=O) groups excluding carboxylic acids is 1. The first-order chi connectivity index (χ1) is 8.69. The SMILES string of the molecule is C[Se]C(=O)C1(C)c2ccccc2-c2ccccc21. The molecule has 0 saturated heterocycles. The van der Waals surface area contributed by atoms with Crippen molar-refractivity contribution in [2.75, 3.05) is 0 Å². The molecule has 2 aromatic carbocycles. The molecule has 0 bridgehead atoms. The minimum atomic E-state index is -0.443. The van der Waals surface area contributed by atoms with Crippen molar-refractivity contribution >= 4 is 19.6 Å². The molecule has 3 rings (SSSR count). The Kier molecular flexibility index (Phi) is 2.65. The Morgan fingerprint density at radius 2 is 1.39 bits per heavy atom. The van der Waals surface area contributed by atoms with Crippen molar-refractivity contribution in [3.05, 3.63) is 59.7 Å². The second-order valence-electron chi connectivity index (χ2n) is 4.71. The van der Waals surface area contributed by atoms with E-state index in [1.807, 2.05) is 30.1 Å². The summed E-state index contributed by atoms with van der Waals surface area (Å²) in [5, 5.41) is 0. The van der Waals surface area contributed by atoms with Gasteiger partial charge in [0.2, 0.25) is 0 Å². The topological polar surface area (TPSA) is 17.1 Å². The third kappa shape index (κ3) is 1.36. The van der Waals surface area contributed by atoms with Crippen LogP contribution in [0.4, 0.5) is 0 Å². The molecule has 90 valence electrons. The molecule has 0 spiro atoms. The molecule has 0 amide bonds. The first kappa shape index (κ1) is 11.7. The van der Waals surface area contributed by atoms with Crippen LogP contribution in [-0.4, -0.2) is 19.6 Å². The van der Waals surface area contributed by atoms with Gasteiger partial charge in [-0.25, -0.2) is 0 Å². The molecule has 0 heterocycles. The van der Waals surface area contributed by atoms with Crippen molar-refractivity contribution in [3.63, 3.8) is 0 Å². The number of fused-ring (bicyclic) bond motifs is 3. The van der Waals surface area contributed by atoms with E-state index in [-0.39, 0.29) is 15.0 Å². The van der Waals surface area contributed by atoms with E-state index in [1.165, 1.54) is 22.3 Å². The van der Waals surface area contributed by atoms with E-state index in [1.54, 1.807) is 0 Å². The molecule has 0 N–H and O–H groups in total. The molecule has 0 aromatic heterocycles. The number of hydrogen-bond acceptors (Lipinski definition) is 1. The van der Waals surface area contributed by atoms with E-state index in [4.69, 9.17) is 0 Å². The molecule has 2 heteroatoms. The van der Waals surface area contributed by atoms with Crippen LogP contribution in [0.15, 0.2) is 48.5 Å². The summed E-state index contributed by atoms with van der Waals surface area (Å²) < 4.78 is 0.354. The Morgan fingerprint density at radius 3 is 1.83 bits per heavy atom. The summed E-state index contributed by atoms with van der Waals surface area (Å²) in [7, 11) is 0. The standard InChI is InChI=1S/C16H14OSe/c1-16(15(17)18-2)13-9-5-3-7-11(13)12-8-4-6-10-14(12)16/h3-10H,1-2H3. The van der Waals surface area contributed by atoms with E-state index in [0.717, 1.165) is 0 Å². The second-order valence-corrected chi connectivity index (χ2v) is 6.34. The van der Waals surface area contributed by atoms with Gasteiger partial charge in [0.25, 0.3) is 0 Å². The van der Waals surface area contributed by atoms with Gasteiger partial charge in [-0.2, -0.15) is 0 Å². The number of benzene rings is 2. The molecule has 1 nitrogen and oxygen atoms in total. The van der Waals surface area contributed by atoms with Crippen LogP contribution < -0.4 is 0 Å². The first-order valence-electron chi connectivity index (χ1n) is 5.97. The van der Waals surface area contributed by atoms with Gasteiger partial charge < -0.3 is 0 Å². The minimum absolute atomic E-state index is 0.0132. The van der Waals surface area contributed by atoms with Gasteiger partial charge in [-0.05, 0) is 0 Å². The molecule has 0 fully saturated rings. The Bertz CT molecular complexity index is 585. The van der Waals surface area contributed by atoms with Crippen molar-refractivity contribution in [2.24, 2.45) is 0 Å². The Hall–Kier alpha value is -1.37. The van der Waals surface area contributed by atoms with Crippen LogP contribution in [0.2, 0.25) is 5.82 Å². The van der Waals surface area contributed by atoms with Gasteiger partial charge in [-0.3, -0.25) is 0 Å². The molecule has 1 aliphatic carbocycles. The summed E-state index contributed by atoms with van der Waals surface area (Å²) in [6.07, 6.45) is 0. The number of hydrogen-bond donors (Lipinski definition) is 0. The van der Waals surface area contributed by atoms with Crippen LogP contribution in [0.5, 0.6) is 0 Å². The third-order valence-electron chi connectivity index (χ3n) is 3.82. The fourth-order valence-corrected chi connectivity index (χ4v) is 4.20. The molecular formula is C16H14OSe. The number of rotatable bonds is 2. The predicted octanol–water partition coefficient (Wildman–Crippen LogP) is 3.25. The number of carbonyl (C=O) groups is 1. The van der Waals surface area contributed by atoms with Crippen LogP contribution >= 0.6 is 0 Å². The van der Waals surface area contributed by atoms with Crippen LogP contribution in [0.25, 0.3) is 11.1 Å². The molecular weight excluding hydrogens is 287 g/mol. The van der Waals surface area contributed by atoms with Crippen molar-refractivity contribution in [2.45, 2.75) is 18.2 Å². The Labute approximate surface area is 113 Å². The average molecular weight is 301 g/mol. The Balaban J connectivity index is 2.37. The maximum absolute atomic E-state index is 12.5. The maximum atomic E-state index is 12.5. The summed E-state index contributed by atoms with van der Waals surface area (Å²) in [6.45, 7) is 2.07. The van der Waals surface area contributed by atoms with Crippen molar-refractivity contribution in [3.8, 4) is 11.1 Å². The fraction of sp³-hybridized carbons (Fsp3) is 0.188. The average Bonchev–Trinajstić information content (AvgIpc) is 2.70. The zero-order valence-electron chi connectivity index (χ0n) is 10.4. The van der Waals surface area contributed by atoms with E-state index in [2.05, 4.69) is 31.2 Å². The summed E-state index contributed by atoms with van der Waals surface area (Å²) in [4.78, 5) is 12.5. The van der Waals surface area contributed by atoms with Gasteiger partial charge in [-0.1, -0.05) is 0 Å². The molecule has 0 saturated carbocycles. The summed E-state index contributed by atoms with van der Waals surface area (Å²) in [6, 6.07) is 16.6. The summed E-state index contributed by atoms with van der Waals surface area (Å²) >= 11 is 0.0132. The van der Waals surface area contributed by atoms with Crippen molar-refractivity contribution in [1.82, 2.24) is 0 Å². The predicted molar refractivity (Wildman–Crippen MR) is 75.0 cm³/mol. The van der Waals surface area contributed by atoms with Gasteiger partial charge in [0.1, 0.15) is 0 Å². The molecule has 0 radical (unpaired) electrons. The van der Waals surface area contributed by atoms with E-state index in [9.17, 15) is 4.79 Å². The van der Waals surface area contributed by atoms with Gasteiger partial charge >= 0.3 is 113 Å². The molecule has 0 aliphatic heterocycles.